The SMILES string of the molecule is COc1cccc(CNC(=O)C2=NN(Cc3ccc(F)cc3)C(=O)CC2)c1. The summed E-state index contributed by atoms with van der Waals surface area (Å²) in [5, 5.41) is 8.27. The Morgan fingerprint density at radius 3 is 2.70 bits per heavy atom. The Morgan fingerprint density at radius 2 is 1.96 bits per heavy atom. The Morgan fingerprint density at radius 1 is 1.19 bits per heavy atom. The van der Waals surface area contributed by atoms with Crippen molar-refractivity contribution in [3.05, 3.63) is 65.5 Å². The number of ether oxygens (including phenoxy) is 1. The molecule has 27 heavy (non-hydrogen) atoms. The van der Waals surface area contributed by atoms with Gasteiger partial charge in [-0.15, -0.1) is 0 Å². The van der Waals surface area contributed by atoms with Gasteiger partial charge in [0.25, 0.3) is 5.91 Å². The quantitative estimate of drug-likeness (QED) is 0.851. The van der Waals surface area contributed by atoms with Crippen LogP contribution in [0.3, 0.4) is 0 Å². The van der Waals surface area contributed by atoms with Crippen LogP contribution in [-0.2, 0) is 22.7 Å². The van der Waals surface area contributed by atoms with Crippen LogP contribution in [0.25, 0.3) is 0 Å². The average Bonchev–Trinajstić information content (AvgIpc) is 2.69. The molecule has 0 unspecified atom stereocenters. The molecule has 2 aromatic carbocycles. The van der Waals surface area contributed by atoms with E-state index in [-0.39, 0.29) is 30.6 Å². The van der Waals surface area contributed by atoms with E-state index in [9.17, 15) is 14.0 Å². The molecule has 0 aliphatic carbocycles. The molecule has 1 aliphatic rings. The van der Waals surface area contributed by atoms with Crippen LogP contribution in [0.15, 0.2) is 53.6 Å². The molecule has 2 amide bonds. The fourth-order valence-electron chi connectivity index (χ4n) is 2.72. The highest BCUT2D eigenvalue weighted by Gasteiger charge is 2.24. The van der Waals surface area contributed by atoms with Gasteiger partial charge in [-0.1, -0.05) is 24.3 Å². The molecule has 0 saturated heterocycles. The number of hydrogen-bond donors (Lipinski definition) is 1. The predicted molar refractivity (Wildman–Crippen MR) is 98.5 cm³/mol. The van der Waals surface area contributed by atoms with E-state index in [0.717, 1.165) is 11.1 Å². The van der Waals surface area contributed by atoms with Crippen molar-refractivity contribution in [1.82, 2.24) is 10.3 Å². The second-order valence-electron chi connectivity index (χ2n) is 6.16. The number of methoxy groups -OCH3 is 1. The van der Waals surface area contributed by atoms with Crippen molar-refractivity contribution in [2.75, 3.05) is 7.11 Å². The summed E-state index contributed by atoms with van der Waals surface area (Å²) >= 11 is 0. The number of benzene rings is 2. The molecular weight excluding hydrogens is 349 g/mol. The normalized spacial score (nSPS) is 13.9. The monoisotopic (exact) mass is 369 g/mol. The van der Waals surface area contributed by atoms with Crippen LogP contribution in [0.5, 0.6) is 5.75 Å². The summed E-state index contributed by atoms with van der Waals surface area (Å²) in [5.41, 5.74) is 1.95. The van der Waals surface area contributed by atoms with Crippen LogP contribution in [0, 0.1) is 5.82 Å². The molecule has 0 atom stereocenters. The van der Waals surface area contributed by atoms with Crippen molar-refractivity contribution in [1.29, 1.82) is 0 Å². The summed E-state index contributed by atoms with van der Waals surface area (Å²) < 4.78 is 18.2. The molecule has 0 fully saturated rings. The second-order valence-corrected chi connectivity index (χ2v) is 6.16. The van der Waals surface area contributed by atoms with Crippen LogP contribution >= 0.6 is 0 Å². The maximum absolute atomic E-state index is 13.0. The molecule has 3 rings (SSSR count). The van der Waals surface area contributed by atoms with Crippen molar-refractivity contribution >= 4 is 17.5 Å². The summed E-state index contributed by atoms with van der Waals surface area (Å²) in [6.45, 7) is 0.534. The van der Waals surface area contributed by atoms with E-state index >= 15 is 0 Å². The molecular formula is C20H20FN3O3. The number of nitrogens with zero attached hydrogens (tertiary/aromatic N) is 2. The summed E-state index contributed by atoms with van der Waals surface area (Å²) in [6, 6.07) is 13.2. The number of hydrazone groups is 1. The zero-order chi connectivity index (χ0) is 19.2. The lowest BCUT2D eigenvalue weighted by Gasteiger charge is -2.23. The van der Waals surface area contributed by atoms with E-state index in [0.29, 0.717) is 24.4 Å². The van der Waals surface area contributed by atoms with Gasteiger partial charge in [0.1, 0.15) is 17.3 Å². The highest BCUT2D eigenvalue weighted by atomic mass is 19.1. The first-order valence-corrected chi connectivity index (χ1v) is 8.58. The van der Waals surface area contributed by atoms with Gasteiger partial charge in [-0.3, -0.25) is 9.59 Å². The number of carbonyl (C=O) groups excluding carboxylic acids is 2. The van der Waals surface area contributed by atoms with Gasteiger partial charge in [-0.2, -0.15) is 5.10 Å². The molecule has 2 aromatic rings. The third-order valence-electron chi connectivity index (χ3n) is 4.20. The van der Waals surface area contributed by atoms with E-state index in [1.54, 1.807) is 19.2 Å². The minimum atomic E-state index is -0.343. The lowest BCUT2D eigenvalue weighted by atomic mass is 10.1. The lowest BCUT2D eigenvalue weighted by Crippen LogP contribution is -2.38. The van der Waals surface area contributed by atoms with Crippen molar-refractivity contribution in [3.63, 3.8) is 0 Å². The molecule has 6 nitrogen and oxygen atoms in total. The molecule has 140 valence electrons. The van der Waals surface area contributed by atoms with Crippen LogP contribution in [0.2, 0.25) is 0 Å². The zero-order valence-corrected chi connectivity index (χ0v) is 14.9. The Kier molecular flexibility index (Phi) is 5.80. The Balaban J connectivity index is 1.64. The van der Waals surface area contributed by atoms with Gasteiger partial charge < -0.3 is 10.1 Å². The second kappa shape index (κ2) is 8.44. The van der Waals surface area contributed by atoms with Gasteiger partial charge >= 0.3 is 0 Å². The van der Waals surface area contributed by atoms with Gasteiger partial charge in [0.2, 0.25) is 5.91 Å². The molecule has 0 saturated carbocycles. The fourth-order valence-corrected chi connectivity index (χ4v) is 2.72. The van der Waals surface area contributed by atoms with E-state index in [1.807, 2.05) is 24.3 Å². The van der Waals surface area contributed by atoms with Gasteiger partial charge in [0.05, 0.1) is 13.7 Å². The number of hydrogen-bond acceptors (Lipinski definition) is 4. The van der Waals surface area contributed by atoms with Crippen LogP contribution < -0.4 is 10.1 Å². The topological polar surface area (TPSA) is 71.0 Å². The maximum Gasteiger partial charge on any atom is 0.267 e. The first-order valence-electron chi connectivity index (χ1n) is 8.58. The Labute approximate surface area is 156 Å². The van der Waals surface area contributed by atoms with Crippen molar-refractivity contribution in [3.8, 4) is 5.75 Å². The Hall–Kier alpha value is -3.22. The molecule has 0 spiro atoms. The largest absolute Gasteiger partial charge is 0.497 e. The molecule has 0 bridgehead atoms. The summed E-state index contributed by atoms with van der Waals surface area (Å²) in [7, 11) is 1.58. The van der Waals surface area contributed by atoms with Crippen molar-refractivity contribution < 1.29 is 18.7 Å². The van der Waals surface area contributed by atoms with Gasteiger partial charge in [-0.05, 0) is 35.4 Å². The van der Waals surface area contributed by atoms with Crippen LogP contribution in [0.4, 0.5) is 4.39 Å². The Bertz CT molecular complexity index is 865. The third-order valence-corrected chi connectivity index (χ3v) is 4.20. The average molecular weight is 369 g/mol. The number of halogens is 1. The van der Waals surface area contributed by atoms with Gasteiger partial charge in [0, 0.05) is 19.4 Å². The standard InChI is InChI=1S/C20H20FN3O3/c1-27-17-4-2-3-15(11-17)12-22-20(26)18-9-10-19(25)24(23-18)13-14-5-7-16(21)8-6-14/h2-8,11H,9-10,12-13H2,1H3,(H,22,26). The van der Waals surface area contributed by atoms with E-state index in [4.69, 9.17) is 4.74 Å². The predicted octanol–water partition coefficient (Wildman–Crippen LogP) is 2.63. The summed E-state index contributed by atoms with van der Waals surface area (Å²) in [6.07, 6.45) is 0.509. The molecule has 1 heterocycles. The van der Waals surface area contributed by atoms with Crippen molar-refractivity contribution in [2.45, 2.75) is 25.9 Å². The molecule has 1 N–H and O–H groups in total. The summed E-state index contributed by atoms with van der Waals surface area (Å²) in [4.78, 5) is 24.5. The minimum Gasteiger partial charge on any atom is -0.497 e. The number of rotatable bonds is 6. The fraction of sp³-hybridized carbons (Fsp3) is 0.250. The maximum atomic E-state index is 13.0. The van der Waals surface area contributed by atoms with Gasteiger partial charge in [-0.25, -0.2) is 9.40 Å². The summed E-state index contributed by atoms with van der Waals surface area (Å²) in [5.74, 6) is -0.101. The van der Waals surface area contributed by atoms with Crippen LogP contribution in [-0.4, -0.2) is 29.6 Å². The van der Waals surface area contributed by atoms with Gasteiger partial charge in [0.15, 0.2) is 0 Å². The molecule has 7 heteroatoms. The highest BCUT2D eigenvalue weighted by Crippen LogP contribution is 2.15. The lowest BCUT2D eigenvalue weighted by molar-refractivity contribution is -0.132. The van der Waals surface area contributed by atoms with E-state index in [1.165, 1.54) is 17.1 Å². The molecule has 0 aromatic heterocycles. The molecule has 1 aliphatic heterocycles. The number of amides is 2. The molecule has 0 radical (unpaired) electrons. The number of carbonyl (C=O) groups is 2. The first kappa shape index (κ1) is 18.6. The third kappa shape index (κ3) is 4.91. The first-order chi connectivity index (χ1) is 13.0. The smallest absolute Gasteiger partial charge is 0.267 e. The number of nitrogens with one attached hydrogen (secondary N) is 1. The van der Waals surface area contributed by atoms with E-state index in [2.05, 4.69) is 10.4 Å². The highest BCUT2D eigenvalue weighted by molar-refractivity contribution is 6.39. The minimum absolute atomic E-state index is 0.163. The van der Waals surface area contributed by atoms with Crippen molar-refractivity contribution in [2.24, 2.45) is 5.10 Å². The van der Waals surface area contributed by atoms with E-state index < -0.39 is 0 Å². The van der Waals surface area contributed by atoms with Crippen LogP contribution in [0.1, 0.15) is 24.0 Å². The zero-order valence-electron chi connectivity index (χ0n) is 14.9.